The highest BCUT2D eigenvalue weighted by atomic mass is 35.5. The summed E-state index contributed by atoms with van der Waals surface area (Å²) in [5, 5.41) is 3.87. The molecule has 1 atom stereocenters. The van der Waals surface area contributed by atoms with Gasteiger partial charge >= 0.3 is 11.8 Å². The average molecular weight is 303 g/mol. The Balaban J connectivity index is 2.34. The summed E-state index contributed by atoms with van der Waals surface area (Å²) in [6.45, 7) is 0. The Hall–Kier alpha value is -1.86. The Labute approximate surface area is 119 Å². The summed E-state index contributed by atoms with van der Waals surface area (Å²) >= 11 is 5.94. The number of methoxy groups -OCH3 is 2. The van der Waals surface area contributed by atoms with Gasteiger partial charge in [-0.15, -0.1) is 0 Å². The quantitative estimate of drug-likeness (QED) is 0.679. The van der Waals surface area contributed by atoms with Crippen LogP contribution in [0.2, 0.25) is 5.02 Å². The SMILES string of the molecule is COC(=O)C1(OC)CC(c2cc(N)c(F)cc2Cl)=NO1. The maximum atomic E-state index is 13.3. The largest absolute Gasteiger partial charge is 0.464 e. The van der Waals surface area contributed by atoms with Crippen molar-refractivity contribution < 1.29 is 23.5 Å². The molecule has 6 nitrogen and oxygen atoms in total. The minimum absolute atomic E-state index is 0.0268. The van der Waals surface area contributed by atoms with E-state index in [1.54, 1.807) is 0 Å². The Morgan fingerprint density at radius 2 is 2.25 bits per heavy atom. The van der Waals surface area contributed by atoms with Gasteiger partial charge in [0.1, 0.15) is 5.82 Å². The van der Waals surface area contributed by atoms with E-state index in [1.807, 2.05) is 0 Å². The number of nitrogens with two attached hydrogens (primary N) is 1. The summed E-state index contributed by atoms with van der Waals surface area (Å²) in [6.07, 6.45) is -0.0268. The van der Waals surface area contributed by atoms with Crippen LogP contribution in [0.3, 0.4) is 0 Å². The molecule has 1 heterocycles. The van der Waals surface area contributed by atoms with Crippen LogP contribution in [0, 0.1) is 5.82 Å². The molecule has 8 heteroatoms. The van der Waals surface area contributed by atoms with Crippen molar-refractivity contribution in [2.24, 2.45) is 5.16 Å². The number of ether oxygens (including phenoxy) is 2. The van der Waals surface area contributed by atoms with Crippen LogP contribution in [0.25, 0.3) is 0 Å². The molecule has 0 aromatic heterocycles. The van der Waals surface area contributed by atoms with E-state index >= 15 is 0 Å². The monoisotopic (exact) mass is 302 g/mol. The van der Waals surface area contributed by atoms with E-state index in [4.69, 9.17) is 26.9 Å². The summed E-state index contributed by atoms with van der Waals surface area (Å²) in [7, 11) is 2.49. The van der Waals surface area contributed by atoms with Crippen LogP contribution in [0.4, 0.5) is 10.1 Å². The molecule has 0 saturated heterocycles. The van der Waals surface area contributed by atoms with E-state index in [0.29, 0.717) is 11.3 Å². The zero-order valence-corrected chi connectivity index (χ0v) is 11.5. The second-order valence-corrected chi connectivity index (χ2v) is 4.52. The summed E-state index contributed by atoms with van der Waals surface area (Å²) in [5.41, 5.74) is 6.09. The van der Waals surface area contributed by atoms with Crippen molar-refractivity contribution in [3.63, 3.8) is 0 Å². The lowest BCUT2D eigenvalue weighted by atomic mass is 10.0. The number of oxime groups is 1. The van der Waals surface area contributed by atoms with Crippen molar-refractivity contribution in [3.05, 3.63) is 28.5 Å². The minimum atomic E-state index is -1.66. The Morgan fingerprint density at radius 1 is 1.55 bits per heavy atom. The van der Waals surface area contributed by atoms with Crippen molar-refractivity contribution >= 4 is 29.0 Å². The molecule has 1 aliphatic heterocycles. The number of carbonyl (C=O) groups is 1. The molecule has 1 aromatic carbocycles. The molecule has 0 aliphatic carbocycles. The highest BCUT2D eigenvalue weighted by Crippen LogP contribution is 2.32. The molecule has 0 amide bonds. The van der Waals surface area contributed by atoms with Crippen LogP contribution in [0.1, 0.15) is 12.0 Å². The molecule has 2 rings (SSSR count). The second kappa shape index (κ2) is 5.26. The first-order valence-corrected chi connectivity index (χ1v) is 5.95. The third-order valence-electron chi connectivity index (χ3n) is 2.93. The van der Waals surface area contributed by atoms with E-state index in [9.17, 15) is 9.18 Å². The summed E-state index contributed by atoms with van der Waals surface area (Å²) in [4.78, 5) is 16.7. The summed E-state index contributed by atoms with van der Waals surface area (Å²) in [5.74, 6) is -3.02. The third-order valence-corrected chi connectivity index (χ3v) is 3.24. The fourth-order valence-corrected chi connectivity index (χ4v) is 2.06. The minimum Gasteiger partial charge on any atom is -0.464 e. The molecule has 108 valence electrons. The van der Waals surface area contributed by atoms with E-state index in [2.05, 4.69) is 9.89 Å². The topological polar surface area (TPSA) is 83.1 Å². The van der Waals surface area contributed by atoms with Crippen molar-refractivity contribution in [1.29, 1.82) is 0 Å². The van der Waals surface area contributed by atoms with Gasteiger partial charge in [-0.05, 0) is 12.1 Å². The fourth-order valence-electron chi connectivity index (χ4n) is 1.80. The molecule has 1 aliphatic rings. The maximum Gasteiger partial charge on any atom is 0.382 e. The summed E-state index contributed by atoms with van der Waals surface area (Å²) < 4.78 is 22.9. The number of nitrogen functional groups attached to an aromatic ring is 1. The van der Waals surface area contributed by atoms with Crippen LogP contribution < -0.4 is 5.73 Å². The van der Waals surface area contributed by atoms with E-state index in [0.717, 1.165) is 6.07 Å². The molecule has 0 radical (unpaired) electrons. The van der Waals surface area contributed by atoms with Gasteiger partial charge in [0.2, 0.25) is 0 Å². The van der Waals surface area contributed by atoms with Gasteiger partial charge in [0.05, 0.1) is 30.0 Å². The molecule has 2 N–H and O–H groups in total. The maximum absolute atomic E-state index is 13.3. The van der Waals surface area contributed by atoms with E-state index < -0.39 is 17.6 Å². The zero-order chi connectivity index (χ0) is 14.9. The highest BCUT2D eigenvalue weighted by molar-refractivity contribution is 6.34. The molecule has 20 heavy (non-hydrogen) atoms. The van der Waals surface area contributed by atoms with Gasteiger partial charge in [-0.25, -0.2) is 9.18 Å². The number of nitrogens with zero attached hydrogens (tertiary/aromatic N) is 1. The number of halogens is 2. The summed E-state index contributed by atoms with van der Waals surface area (Å²) in [6, 6.07) is 2.39. The van der Waals surface area contributed by atoms with Gasteiger partial charge in [0.15, 0.2) is 0 Å². The lowest BCUT2D eigenvalue weighted by Gasteiger charge is -2.21. The predicted molar refractivity (Wildman–Crippen MR) is 69.8 cm³/mol. The number of rotatable bonds is 3. The van der Waals surface area contributed by atoms with Crippen LogP contribution in [-0.4, -0.2) is 31.7 Å². The van der Waals surface area contributed by atoms with Crippen molar-refractivity contribution in [2.75, 3.05) is 20.0 Å². The molecule has 0 saturated carbocycles. The third kappa shape index (κ3) is 2.30. The number of anilines is 1. The molecule has 0 spiro atoms. The Morgan fingerprint density at radius 3 is 2.85 bits per heavy atom. The van der Waals surface area contributed by atoms with Crippen LogP contribution in [-0.2, 0) is 19.1 Å². The van der Waals surface area contributed by atoms with Crippen LogP contribution in [0.15, 0.2) is 17.3 Å². The van der Waals surface area contributed by atoms with Crippen LogP contribution >= 0.6 is 11.6 Å². The first-order chi connectivity index (χ1) is 9.43. The Kier molecular flexibility index (Phi) is 3.82. The Bertz CT molecular complexity index is 593. The number of hydrogen-bond donors (Lipinski definition) is 1. The van der Waals surface area contributed by atoms with Gasteiger partial charge in [-0.2, -0.15) is 0 Å². The highest BCUT2D eigenvalue weighted by Gasteiger charge is 2.49. The van der Waals surface area contributed by atoms with E-state index in [1.165, 1.54) is 20.3 Å². The van der Waals surface area contributed by atoms with Gasteiger partial charge < -0.3 is 20.0 Å². The predicted octanol–water partition coefficient (Wildman–Crippen LogP) is 1.70. The van der Waals surface area contributed by atoms with Gasteiger partial charge in [-0.1, -0.05) is 16.8 Å². The smallest absolute Gasteiger partial charge is 0.382 e. The van der Waals surface area contributed by atoms with Crippen molar-refractivity contribution in [2.45, 2.75) is 12.2 Å². The molecular formula is C12H12ClFN2O4. The molecule has 0 bridgehead atoms. The number of benzene rings is 1. The standard InChI is InChI=1S/C12H12ClFN2O4/c1-18-11(17)12(19-2)5-10(16-20-12)6-3-9(15)8(14)4-7(6)13/h3-4H,5,15H2,1-2H3. The normalized spacial score (nSPS) is 21.3. The van der Waals surface area contributed by atoms with E-state index in [-0.39, 0.29) is 17.1 Å². The molecular weight excluding hydrogens is 291 g/mol. The molecule has 0 fully saturated rings. The molecule has 1 aromatic rings. The van der Waals surface area contributed by atoms with Gasteiger partial charge in [0.25, 0.3) is 0 Å². The van der Waals surface area contributed by atoms with Crippen LogP contribution in [0.5, 0.6) is 0 Å². The number of hydrogen-bond acceptors (Lipinski definition) is 6. The number of carbonyl (C=O) groups excluding carboxylic acids is 1. The zero-order valence-electron chi connectivity index (χ0n) is 10.8. The first kappa shape index (κ1) is 14.5. The lowest BCUT2D eigenvalue weighted by Crippen LogP contribution is -2.41. The molecule has 1 unspecified atom stereocenters. The number of esters is 1. The average Bonchev–Trinajstić information content (AvgIpc) is 2.87. The van der Waals surface area contributed by atoms with Gasteiger partial charge in [-0.3, -0.25) is 0 Å². The first-order valence-electron chi connectivity index (χ1n) is 5.57. The second-order valence-electron chi connectivity index (χ2n) is 4.11. The fraction of sp³-hybridized carbons (Fsp3) is 0.333. The lowest BCUT2D eigenvalue weighted by molar-refractivity contribution is -0.227. The van der Waals surface area contributed by atoms with Gasteiger partial charge in [0, 0.05) is 12.7 Å². The van der Waals surface area contributed by atoms with Crippen molar-refractivity contribution in [1.82, 2.24) is 0 Å². The van der Waals surface area contributed by atoms with Crippen molar-refractivity contribution in [3.8, 4) is 0 Å².